The molecule has 0 saturated heterocycles. The topological polar surface area (TPSA) is 78.9 Å². The molecule has 0 aromatic rings. The molecule has 0 amide bonds. The second-order valence-corrected chi connectivity index (χ2v) is 24.1. The molecule has 0 spiro atoms. The van der Waals surface area contributed by atoms with E-state index in [2.05, 4.69) is 106 Å². The number of esters is 3. The minimum absolute atomic E-state index is 0.0814. The molecule has 480 valence electrons. The summed E-state index contributed by atoms with van der Waals surface area (Å²) in [4.78, 5) is 38.4. The first-order valence-corrected chi connectivity index (χ1v) is 36.1. The van der Waals surface area contributed by atoms with E-state index in [1.165, 1.54) is 218 Å². The molecule has 0 aliphatic heterocycles. The standard InChI is InChI=1S/C77H136O6/c1-4-7-10-13-16-19-22-25-27-29-31-33-35-36-37-38-39-40-42-43-45-47-49-52-55-58-61-64-67-70-76(79)82-73-74(72-81-75(78)69-66-63-60-57-54-51-24-21-18-15-12-9-6-3)83-77(80)71-68-65-62-59-56-53-50-48-46-44-41-34-32-30-28-26-23-20-17-14-11-8-5-2/h7,9-10,12,16,18-19,21,25,27,31,33,51,54,74H,4-6,8,11,13-15,17,20,22-24,26,28-30,32,34-50,52-53,55-73H2,1-3H3/b10-7-,12-9-,19-16-,21-18-,27-25-,33-31-,54-51-. The molecule has 6 heteroatoms. The maximum absolute atomic E-state index is 13.0. The Kier molecular flexibility index (Phi) is 68.2. The molecule has 0 bridgehead atoms. The highest BCUT2D eigenvalue weighted by molar-refractivity contribution is 5.71. The van der Waals surface area contributed by atoms with Crippen molar-refractivity contribution in [1.29, 1.82) is 0 Å². The fraction of sp³-hybridized carbons (Fsp3) is 0.779. The van der Waals surface area contributed by atoms with Crippen LogP contribution >= 0.6 is 0 Å². The number of ether oxygens (including phenoxy) is 3. The van der Waals surface area contributed by atoms with Gasteiger partial charge in [0.1, 0.15) is 13.2 Å². The van der Waals surface area contributed by atoms with Gasteiger partial charge in [0, 0.05) is 19.3 Å². The van der Waals surface area contributed by atoms with Gasteiger partial charge in [-0.05, 0) is 89.9 Å². The lowest BCUT2D eigenvalue weighted by atomic mass is 10.0. The molecule has 1 atom stereocenters. The molecule has 0 radical (unpaired) electrons. The van der Waals surface area contributed by atoms with Crippen LogP contribution in [0.1, 0.15) is 367 Å². The van der Waals surface area contributed by atoms with Crippen molar-refractivity contribution in [3.05, 3.63) is 85.1 Å². The molecule has 0 fully saturated rings. The first-order valence-electron chi connectivity index (χ1n) is 36.1. The molecule has 0 N–H and O–H groups in total. The summed E-state index contributed by atoms with van der Waals surface area (Å²) in [5.41, 5.74) is 0. The van der Waals surface area contributed by atoms with Crippen LogP contribution in [0.25, 0.3) is 0 Å². The van der Waals surface area contributed by atoms with E-state index >= 15 is 0 Å². The molecule has 0 saturated carbocycles. The van der Waals surface area contributed by atoms with E-state index in [9.17, 15) is 14.4 Å². The fourth-order valence-corrected chi connectivity index (χ4v) is 10.6. The summed E-state index contributed by atoms with van der Waals surface area (Å²) in [6, 6.07) is 0. The van der Waals surface area contributed by atoms with Crippen LogP contribution in [0, 0.1) is 0 Å². The summed E-state index contributed by atoms with van der Waals surface area (Å²) in [5.74, 6) is -0.890. The lowest BCUT2D eigenvalue weighted by Gasteiger charge is -2.18. The third-order valence-corrected chi connectivity index (χ3v) is 15.9. The van der Waals surface area contributed by atoms with E-state index in [1.807, 2.05) is 0 Å². The molecule has 0 aliphatic carbocycles. The van der Waals surface area contributed by atoms with Gasteiger partial charge in [-0.3, -0.25) is 14.4 Å². The Bertz CT molecular complexity index is 1570. The van der Waals surface area contributed by atoms with Crippen molar-refractivity contribution in [3.8, 4) is 0 Å². The van der Waals surface area contributed by atoms with E-state index in [1.54, 1.807) is 0 Å². The van der Waals surface area contributed by atoms with E-state index in [0.717, 1.165) is 109 Å². The van der Waals surface area contributed by atoms with Crippen LogP contribution in [-0.4, -0.2) is 37.2 Å². The number of carbonyl (C=O) groups is 3. The van der Waals surface area contributed by atoms with Crippen molar-refractivity contribution in [2.75, 3.05) is 13.2 Å². The molecule has 6 nitrogen and oxygen atoms in total. The highest BCUT2D eigenvalue weighted by Gasteiger charge is 2.19. The van der Waals surface area contributed by atoms with Crippen LogP contribution in [0.2, 0.25) is 0 Å². The van der Waals surface area contributed by atoms with E-state index in [-0.39, 0.29) is 31.1 Å². The van der Waals surface area contributed by atoms with Crippen LogP contribution in [0.15, 0.2) is 85.1 Å². The zero-order chi connectivity index (χ0) is 59.9. The molecule has 1 unspecified atom stereocenters. The second kappa shape index (κ2) is 71.1. The SMILES string of the molecule is CC/C=C\C/C=C\C/C=C\C/C=C\CCCCCCCCCCCCCCCCCCC(=O)OCC(COC(=O)CCCCC/C=C\C/C=C\C/C=C\CC)OC(=O)CCCCCCCCCCCCCCCCCCCCCCCCC. The minimum atomic E-state index is -0.787. The van der Waals surface area contributed by atoms with Gasteiger partial charge in [-0.25, -0.2) is 0 Å². The van der Waals surface area contributed by atoms with Crippen LogP contribution < -0.4 is 0 Å². The normalized spacial score (nSPS) is 12.6. The van der Waals surface area contributed by atoms with Gasteiger partial charge < -0.3 is 14.2 Å². The van der Waals surface area contributed by atoms with Crippen LogP contribution in [-0.2, 0) is 28.6 Å². The summed E-state index contributed by atoms with van der Waals surface area (Å²) in [6.45, 7) is 6.45. The Labute approximate surface area is 515 Å². The number of carbonyl (C=O) groups excluding carboxylic acids is 3. The van der Waals surface area contributed by atoms with Crippen molar-refractivity contribution in [2.45, 2.75) is 374 Å². The van der Waals surface area contributed by atoms with Crippen LogP contribution in [0.4, 0.5) is 0 Å². The molecule has 0 aliphatic rings. The third-order valence-electron chi connectivity index (χ3n) is 15.9. The molecular weight excluding hydrogens is 1020 g/mol. The monoisotopic (exact) mass is 1160 g/mol. The summed E-state index contributed by atoms with van der Waals surface area (Å²) >= 11 is 0. The lowest BCUT2D eigenvalue weighted by molar-refractivity contribution is -0.167. The van der Waals surface area contributed by atoms with Crippen molar-refractivity contribution in [1.82, 2.24) is 0 Å². The van der Waals surface area contributed by atoms with Gasteiger partial charge >= 0.3 is 17.9 Å². The van der Waals surface area contributed by atoms with E-state index in [4.69, 9.17) is 14.2 Å². The first-order chi connectivity index (χ1) is 41.0. The summed E-state index contributed by atoms with van der Waals surface area (Å²) < 4.78 is 17.0. The van der Waals surface area contributed by atoms with Crippen molar-refractivity contribution >= 4 is 17.9 Å². The van der Waals surface area contributed by atoms with Gasteiger partial charge in [-0.15, -0.1) is 0 Å². The van der Waals surface area contributed by atoms with Gasteiger partial charge in [0.05, 0.1) is 0 Å². The average molecular weight is 1160 g/mol. The molecular formula is C77H136O6. The number of unbranched alkanes of at least 4 members (excludes halogenated alkanes) is 41. The fourth-order valence-electron chi connectivity index (χ4n) is 10.6. The second-order valence-electron chi connectivity index (χ2n) is 24.1. The van der Waals surface area contributed by atoms with Crippen molar-refractivity contribution in [3.63, 3.8) is 0 Å². The molecule has 0 rings (SSSR count). The van der Waals surface area contributed by atoms with E-state index in [0.29, 0.717) is 19.3 Å². The maximum Gasteiger partial charge on any atom is 0.306 e. The summed E-state index contributed by atoms with van der Waals surface area (Å²) in [7, 11) is 0. The van der Waals surface area contributed by atoms with Gasteiger partial charge in [-0.2, -0.15) is 0 Å². The quantitative estimate of drug-likeness (QED) is 0.0261. The summed E-state index contributed by atoms with van der Waals surface area (Å²) in [6.07, 6.45) is 94.9. The highest BCUT2D eigenvalue weighted by Crippen LogP contribution is 2.18. The Morgan fingerprint density at radius 3 is 0.747 bits per heavy atom. The Balaban J connectivity index is 4.22. The van der Waals surface area contributed by atoms with Crippen molar-refractivity contribution < 1.29 is 28.6 Å². The highest BCUT2D eigenvalue weighted by atomic mass is 16.6. The maximum atomic E-state index is 13.0. The van der Waals surface area contributed by atoms with Gasteiger partial charge in [-0.1, -0.05) is 343 Å². The number of hydrogen-bond acceptors (Lipinski definition) is 6. The lowest BCUT2D eigenvalue weighted by Crippen LogP contribution is -2.30. The van der Waals surface area contributed by atoms with Gasteiger partial charge in [0.15, 0.2) is 6.10 Å². The first kappa shape index (κ1) is 79.6. The Hall–Kier alpha value is -3.41. The zero-order valence-electron chi connectivity index (χ0n) is 55.2. The average Bonchev–Trinajstić information content (AvgIpc) is 3.49. The minimum Gasteiger partial charge on any atom is -0.462 e. The van der Waals surface area contributed by atoms with Crippen LogP contribution in [0.5, 0.6) is 0 Å². The number of rotatable bonds is 66. The molecule has 0 heterocycles. The molecule has 83 heavy (non-hydrogen) atoms. The predicted molar refractivity (Wildman–Crippen MR) is 362 cm³/mol. The molecule has 0 aromatic heterocycles. The molecule has 0 aromatic carbocycles. The third kappa shape index (κ3) is 69.3. The Morgan fingerprint density at radius 2 is 0.470 bits per heavy atom. The van der Waals surface area contributed by atoms with E-state index < -0.39 is 6.10 Å². The zero-order valence-corrected chi connectivity index (χ0v) is 55.2. The van der Waals surface area contributed by atoms with Crippen molar-refractivity contribution in [2.24, 2.45) is 0 Å². The predicted octanol–water partition coefficient (Wildman–Crippen LogP) is 25.0. The van der Waals surface area contributed by atoms with Gasteiger partial charge in [0.25, 0.3) is 0 Å². The number of hydrogen-bond donors (Lipinski definition) is 0. The van der Waals surface area contributed by atoms with Gasteiger partial charge in [0.2, 0.25) is 0 Å². The van der Waals surface area contributed by atoms with Crippen LogP contribution in [0.3, 0.4) is 0 Å². The summed E-state index contributed by atoms with van der Waals surface area (Å²) in [5, 5.41) is 0. The smallest absolute Gasteiger partial charge is 0.306 e. The largest absolute Gasteiger partial charge is 0.462 e. The number of allylic oxidation sites excluding steroid dienone is 14. The Morgan fingerprint density at radius 1 is 0.253 bits per heavy atom.